The number of benzene rings is 2. The summed E-state index contributed by atoms with van der Waals surface area (Å²) in [5.74, 6) is 0.380. The van der Waals surface area contributed by atoms with Gasteiger partial charge in [-0.1, -0.05) is 36.4 Å². The van der Waals surface area contributed by atoms with Crippen molar-refractivity contribution in [3.63, 3.8) is 0 Å². The van der Waals surface area contributed by atoms with Crippen molar-refractivity contribution in [2.75, 3.05) is 20.2 Å². The number of hydrogen-bond donors (Lipinski definition) is 2. The van der Waals surface area contributed by atoms with Crippen LogP contribution in [0.5, 0.6) is 0 Å². The van der Waals surface area contributed by atoms with E-state index in [4.69, 9.17) is 4.74 Å². The highest BCUT2D eigenvalue weighted by atomic mass is 127. The topological polar surface area (TPSA) is 63.5 Å². The summed E-state index contributed by atoms with van der Waals surface area (Å²) >= 11 is 0. The second kappa shape index (κ2) is 13.1. The van der Waals surface area contributed by atoms with Crippen LogP contribution in [0.3, 0.4) is 0 Å². The van der Waals surface area contributed by atoms with Crippen molar-refractivity contribution in [2.24, 2.45) is 4.99 Å². The van der Waals surface area contributed by atoms with Crippen molar-refractivity contribution in [1.82, 2.24) is 20.2 Å². The Morgan fingerprint density at radius 1 is 1.19 bits per heavy atom. The second-order valence-corrected chi connectivity index (χ2v) is 6.89. The molecular weight excluding hydrogens is 508 g/mol. The number of guanidine groups is 1. The summed E-state index contributed by atoms with van der Waals surface area (Å²) in [6, 6.07) is 15.3. The van der Waals surface area contributed by atoms with Gasteiger partial charge in [-0.05, 0) is 36.6 Å². The monoisotopic (exact) mass is 537 g/mol. The smallest absolute Gasteiger partial charge is 0.191 e. The maximum absolute atomic E-state index is 14.4. The van der Waals surface area contributed by atoms with E-state index < -0.39 is 0 Å². The summed E-state index contributed by atoms with van der Waals surface area (Å²) in [7, 11) is 1.71. The van der Waals surface area contributed by atoms with Crippen LogP contribution in [0.15, 0.2) is 72.2 Å². The zero-order valence-electron chi connectivity index (χ0n) is 17.8. The quantitative estimate of drug-likeness (QED) is 0.183. The van der Waals surface area contributed by atoms with Crippen LogP contribution in [0.4, 0.5) is 4.39 Å². The number of ether oxygens (including phenoxy) is 1. The summed E-state index contributed by atoms with van der Waals surface area (Å²) in [5, 5.41) is 6.46. The maximum Gasteiger partial charge on any atom is 0.191 e. The number of halogens is 2. The molecule has 0 aliphatic carbocycles. The summed E-state index contributed by atoms with van der Waals surface area (Å²) in [6.45, 7) is 3.92. The summed E-state index contributed by atoms with van der Waals surface area (Å²) in [4.78, 5) is 8.16. The van der Waals surface area contributed by atoms with Gasteiger partial charge in [0.1, 0.15) is 5.82 Å². The van der Waals surface area contributed by atoms with Crippen LogP contribution in [-0.4, -0.2) is 35.7 Å². The van der Waals surface area contributed by atoms with Gasteiger partial charge in [0, 0.05) is 39.1 Å². The first-order valence-corrected chi connectivity index (χ1v) is 10.0. The Kier molecular flexibility index (Phi) is 10.5. The van der Waals surface area contributed by atoms with Gasteiger partial charge in [0.05, 0.1) is 18.1 Å². The summed E-state index contributed by atoms with van der Waals surface area (Å²) in [6.07, 6.45) is 5.84. The van der Waals surface area contributed by atoms with E-state index in [-0.39, 0.29) is 35.9 Å². The molecule has 8 heteroatoms. The highest BCUT2D eigenvalue weighted by Crippen LogP contribution is 2.16. The van der Waals surface area contributed by atoms with Crippen molar-refractivity contribution < 1.29 is 9.13 Å². The normalized spacial score (nSPS) is 12.2. The minimum atomic E-state index is -0.292. The van der Waals surface area contributed by atoms with Crippen molar-refractivity contribution >= 4 is 29.9 Å². The third kappa shape index (κ3) is 7.62. The lowest BCUT2D eigenvalue weighted by atomic mass is 10.1. The Hall–Kier alpha value is -2.46. The molecule has 0 saturated heterocycles. The average molecular weight is 537 g/mol. The molecule has 1 heterocycles. The first-order chi connectivity index (χ1) is 14.7. The molecule has 0 bridgehead atoms. The molecule has 3 rings (SSSR count). The van der Waals surface area contributed by atoms with E-state index in [2.05, 4.69) is 39.7 Å². The summed E-state index contributed by atoms with van der Waals surface area (Å²) < 4.78 is 21.9. The highest BCUT2D eigenvalue weighted by molar-refractivity contribution is 14.0. The minimum absolute atomic E-state index is 0. The molecule has 0 fully saturated rings. The zero-order valence-corrected chi connectivity index (χ0v) is 20.1. The van der Waals surface area contributed by atoms with Crippen LogP contribution < -0.4 is 10.6 Å². The van der Waals surface area contributed by atoms with Gasteiger partial charge in [-0.15, -0.1) is 24.0 Å². The fourth-order valence-corrected chi connectivity index (χ4v) is 3.04. The van der Waals surface area contributed by atoms with E-state index in [0.717, 1.165) is 18.5 Å². The van der Waals surface area contributed by atoms with E-state index in [9.17, 15) is 4.39 Å². The van der Waals surface area contributed by atoms with Gasteiger partial charge in [-0.25, -0.2) is 9.37 Å². The molecule has 2 aromatic carbocycles. The number of nitrogens with one attached hydrogen (secondary N) is 2. The molecular formula is C23H29FIN5O. The predicted octanol–water partition coefficient (Wildman–Crippen LogP) is 4.46. The maximum atomic E-state index is 14.4. The number of aromatic nitrogens is 2. The molecule has 166 valence electrons. The third-order valence-corrected chi connectivity index (χ3v) is 4.73. The molecule has 0 saturated carbocycles. The van der Waals surface area contributed by atoms with Gasteiger partial charge >= 0.3 is 0 Å². The molecule has 0 aliphatic rings. The first kappa shape index (κ1) is 24.8. The number of imidazole rings is 1. The van der Waals surface area contributed by atoms with Crippen LogP contribution in [0, 0.1) is 5.82 Å². The molecule has 0 aliphatic heterocycles. The fraction of sp³-hybridized carbons (Fsp3) is 0.304. The lowest BCUT2D eigenvalue weighted by molar-refractivity contribution is 0.0646. The molecule has 0 amide bonds. The molecule has 1 unspecified atom stereocenters. The predicted molar refractivity (Wildman–Crippen MR) is 133 cm³/mol. The van der Waals surface area contributed by atoms with Gasteiger partial charge in [-0.2, -0.15) is 0 Å². The lowest BCUT2D eigenvalue weighted by Crippen LogP contribution is -2.37. The van der Waals surface area contributed by atoms with E-state index in [1.807, 2.05) is 24.3 Å². The zero-order chi connectivity index (χ0) is 21.2. The molecule has 0 spiro atoms. The van der Waals surface area contributed by atoms with E-state index >= 15 is 0 Å². The Morgan fingerprint density at radius 2 is 2.00 bits per heavy atom. The number of hydrogen-bond acceptors (Lipinski definition) is 3. The van der Waals surface area contributed by atoms with E-state index in [1.165, 1.54) is 11.6 Å². The van der Waals surface area contributed by atoms with Crippen LogP contribution in [0.25, 0.3) is 5.69 Å². The van der Waals surface area contributed by atoms with Gasteiger partial charge in [0.15, 0.2) is 5.96 Å². The Morgan fingerprint density at radius 3 is 2.68 bits per heavy atom. The third-order valence-electron chi connectivity index (χ3n) is 4.73. The SMILES string of the molecule is CN=C(NCCCOC(C)c1ccccc1)NCc1ccc(-n2ccnc2)c(F)c1.I. The van der Waals surface area contributed by atoms with Crippen LogP contribution >= 0.6 is 24.0 Å². The minimum Gasteiger partial charge on any atom is -0.374 e. The van der Waals surface area contributed by atoms with E-state index in [1.54, 1.807) is 36.4 Å². The number of aliphatic imine (C=N–C) groups is 1. The molecule has 0 radical (unpaired) electrons. The van der Waals surface area contributed by atoms with Crippen molar-refractivity contribution in [2.45, 2.75) is 26.0 Å². The van der Waals surface area contributed by atoms with Gasteiger partial charge in [0.2, 0.25) is 0 Å². The number of rotatable bonds is 9. The first-order valence-electron chi connectivity index (χ1n) is 10.0. The average Bonchev–Trinajstić information content (AvgIpc) is 3.30. The van der Waals surface area contributed by atoms with Gasteiger partial charge < -0.3 is 19.9 Å². The van der Waals surface area contributed by atoms with Crippen LogP contribution in [0.2, 0.25) is 0 Å². The second-order valence-electron chi connectivity index (χ2n) is 6.89. The summed E-state index contributed by atoms with van der Waals surface area (Å²) in [5.41, 5.74) is 2.48. The molecule has 2 N–H and O–H groups in total. The Bertz CT molecular complexity index is 934. The van der Waals surface area contributed by atoms with Gasteiger partial charge in [-0.3, -0.25) is 4.99 Å². The van der Waals surface area contributed by atoms with Crippen LogP contribution in [0.1, 0.15) is 30.6 Å². The van der Waals surface area contributed by atoms with Crippen molar-refractivity contribution in [3.8, 4) is 5.69 Å². The van der Waals surface area contributed by atoms with Crippen molar-refractivity contribution in [1.29, 1.82) is 0 Å². The molecule has 1 atom stereocenters. The lowest BCUT2D eigenvalue weighted by Gasteiger charge is -2.15. The molecule has 3 aromatic rings. The highest BCUT2D eigenvalue weighted by Gasteiger charge is 2.07. The molecule has 1 aromatic heterocycles. The fourth-order valence-electron chi connectivity index (χ4n) is 3.04. The Balaban J connectivity index is 0.00000341. The van der Waals surface area contributed by atoms with Crippen LogP contribution in [-0.2, 0) is 11.3 Å². The molecule has 31 heavy (non-hydrogen) atoms. The largest absolute Gasteiger partial charge is 0.374 e. The van der Waals surface area contributed by atoms with Gasteiger partial charge in [0.25, 0.3) is 0 Å². The number of nitrogens with zero attached hydrogens (tertiary/aromatic N) is 3. The van der Waals surface area contributed by atoms with Crippen molar-refractivity contribution in [3.05, 3.63) is 84.2 Å². The Labute approximate surface area is 200 Å². The molecule has 6 nitrogen and oxygen atoms in total. The standard InChI is InChI=1S/C23H28FN5O.HI/c1-18(20-7-4-3-5-8-20)30-14-6-11-27-23(25-2)28-16-19-9-10-22(21(24)15-19)29-13-12-26-17-29;/h3-5,7-10,12-13,15,17-18H,6,11,14,16H2,1-2H3,(H2,25,27,28);1H. The van der Waals surface area contributed by atoms with E-state index in [0.29, 0.717) is 24.8 Å².